The maximum absolute atomic E-state index is 13.1. The van der Waals surface area contributed by atoms with Crippen LogP contribution in [0.1, 0.15) is 15.9 Å². The minimum Gasteiger partial charge on any atom is -0.323 e. The van der Waals surface area contributed by atoms with Gasteiger partial charge in [0.05, 0.1) is 0 Å². The normalized spacial score (nSPS) is 18.1. The molecule has 1 amide bonds. The smallest absolute Gasteiger partial charge is 0.247 e. The quantitative estimate of drug-likeness (QED) is 0.772. The van der Waals surface area contributed by atoms with Crippen molar-refractivity contribution < 1.29 is 14.0 Å². The Balaban J connectivity index is 2.30. The van der Waals surface area contributed by atoms with Gasteiger partial charge in [-0.1, -0.05) is 12.6 Å². The summed E-state index contributed by atoms with van der Waals surface area (Å²) in [5.41, 5.74) is 1.52. The Morgan fingerprint density at radius 1 is 1.56 bits per heavy atom. The van der Waals surface area contributed by atoms with Crippen LogP contribution in [-0.2, 0) is 11.2 Å². The minimum atomic E-state index is -1.44. The molecule has 0 fully saturated rings. The van der Waals surface area contributed by atoms with E-state index < -0.39 is 12.0 Å². The average molecular weight is 219 g/mol. The summed E-state index contributed by atoms with van der Waals surface area (Å²) < 4.78 is 13.1. The number of halogens is 1. The highest BCUT2D eigenvalue weighted by molar-refractivity contribution is 6.05. The molecule has 1 aromatic rings. The predicted molar refractivity (Wildman–Crippen MR) is 58.2 cm³/mol. The Morgan fingerprint density at radius 3 is 3.00 bits per heavy atom. The molecule has 0 aromatic heterocycles. The average Bonchev–Trinajstić information content (AvgIpc) is 2.55. The van der Waals surface area contributed by atoms with Crippen LogP contribution in [0.2, 0.25) is 0 Å². The zero-order chi connectivity index (χ0) is 11.7. The van der Waals surface area contributed by atoms with Gasteiger partial charge in [0, 0.05) is 17.7 Å². The van der Waals surface area contributed by atoms with Gasteiger partial charge in [-0.05, 0) is 23.8 Å². The fourth-order valence-electron chi connectivity index (χ4n) is 1.71. The number of rotatable bonds is 2. The first-order chi connectivity index (χ1) is 7.61. The van der Waals surface area contributed by atoms with Crippen LogP contribution >= 0.6 is 0 Å². The van der Waals surface area contributed by atoms with Crippen molar-refractivity contribution in [2.45, 2.75) is 12.6 Å². The van der Waals surface area contributed by atoms with Gasteiger partial charge >= 0.3 is 0 Å². The van der Waals surface area contributed by atoms with Crippen LogP contribution in [0, 0.1) is 0 Å². The molecule has 1 aromatic carbocycles. The molecule has 0 bridgehead atoms. The van der Waals surface area contributed by atoms with E-state index >= 15 is 0 Å². The van der Waals surface area contributed by atoms with E-state index in [1.807, 2.05) is 0 Å². The van der Waals surface area contributed by atoms with Crippen molar-refractivity contribution in [1.29, 1.82) is 0 Å². The van der Waals surface area contributed by atoms with Gasteiger partial charge < -0.3 is 5.32 Å². The van der Waals surface area contributed by atoms with Gasteiger partial charge in [-0.2, -0.15) is 0 Å². The fraction of sp³-hybridized carbons (Fsp3) is 0.167. The van der Waals surface area contributed by atoms with E-state index in [9.17, 15) is 14.0 Å². The Labute approximate surface area is 92.0 Å². The molecule has 0 aliphatic heterocycles. The summed E-state index contributed by atoms with van der Waals surface area (Å²) >= 11 is 0. The summed E-state index contributed by atoms with van der Waals surface area (Å²) in [7, 11) is 0. The summed E-state index contributed by atoms with van der Waals surface area (Å²) in [4.78, 5) is 22.4. The standard InChI is InChI=1S/C12H10FNO2/c1-2-11(15)14-8-4-3-7-5-10(13)12(16)9(7)6-8/h2-4,6,10H,1,5H2,(H,14,15). The zero-order valence-electron chi connectivity index (χ0n) is 8.50. The fourth-order valence-corrected chi connectivity index (χ4v) is 1.71. The Bertz CT molecular complexity index is 482. The molecule has 0 radical (unpaired) electrons. The molecule has 2 rings (SSSR count). The molecule has 0 saturated carbocycles. The van der Waals surface area contributed by atoms with Crippen molar-refractivity contribution >= 4 is 17.4 Å². The number of amides is 1. The third-order valence-electron chi connectivity index (χ3n) is 2.51. The van der Waals surface area contributed by atoms with Crippen molar-refractivity contribution in [3.8, 4) is 0 Å². The number of alkyl halides is 1. The molecule has 0 spiro atoms. The van der Waals surface area contributed by atoms with E-state index in [2.05, 4.69) is 11.9 Å². The summed E-state index contributed by atoms with van der Waals surface area (Å²) in [5.74, 6) is -0.869. The number of hydrogen-bond acceptors (Lipinski definition) is 2. The molecule has 0 saturated heterocycles. The van der Waals surface area contributed by atoms with Gasteiger partial charge in [-0.3, -0.25) is 9.59 Å². The van der Waals surface area contributed by atoms with Crippen LogP contribution < -0.4 is 5.32 Å². The molecule has 82 valence electrons. The number of fused-ring (bicyclic) bond motifs is 1. The van der Waals surface area contributed by atoms with Crippen LogP contribution in [0.5, 0.6) is 0 Å². The molecular weight excluding hydrogens is 209 g/mol. The topological polar surface area (TPSA) is 46.2 Å². The highest BCUT2D eigenvalue weighted by Gasteiger charge is 2.30. The molecule has 1 N–H and O–H groups in total. The Kier molecular flexibility index (Phi) is 2.56. The van der Waals surface area contributed by atoms with Crippen LogP contribution in [0.3, 0.4) is 0 Å². The lowest BCUT2D eigenvalue weighted by molar-refractivity contribution is -0.111. The lowest BCUT2D eigenvalue weighted by Gasteiger charge is -2.04. The Hall–Kier alpha value is -1.97. The maximum atomic E-state index is 13.1. The molecule has 1 aliphatic rings. The maximum Gasteiger partial charge on any atom is 0.247 e. The summed E-state index contributed by atoms with van der Waals surface area (Å²) in [6, 6.07) is 4.80. The van der Waals surface area contributed by atoms with Crippen molar-refractivity contribution in [2.24, 2.45) is 0 Å². The monoisotopic (exact) mass is 219 g/mol. The largest absolute Gasteiger partial charge is 0.323 e. The van der Waals surface area contributed by atoms with E-state index in [0.29, 0.717) is 16.8 Å². The van der Waals surface area contributed by atoms with Crippen LogP contribution in [-0.4, -0.2) is 17.9 Å². The SMILES string of the molecule is C=CC(=O)Nc1ccc2c(c1)C(=O)C(F)C2. The minimum absolute atomic E-state index is 0.129. The van der Waals surface area contributed by atoms with E-state index in [4.69, 9.17) is 0 Å². The van der Waals surface area contributed by atoms with Crippen LogP contribution in [0.15, 0.2) is 30.9 Å². The van der Waals surface area contributed by atoms with E-state index in [-0.39, 0.29) is 12.3 Å². The molecule has 16 heavy (non-hydrogen) atoms. The third kappa shape index (κ3) is 1.74. The molecule has 1 unspecified atom stereocenters. The molecule has 3 nitrogen and oxygen atoms in total. The molecule has 1 aliphatic carbocycles. The highest BCUT2D eigenvalue weighted by atomic mass is 19.1. The molecular formula is C12H10FNO2. The highest BCUT2D eigenvalue weighted by Crippen LogP contribution is 2.26. The first-order valence-electron chi connectivity index (χ1n) is 4.86. The number of carbonyl (C=O) groups is 2. The van der Waals surface area contributed by atoms with Gasteiger partial charge in [0.2, 0.25) is 5.91 Å². The number of carbonyl (C=O) groups excluding carboxylic acids is 2. The molecule has 1 atom stereocenters. The van der Waals surface area contributed by atoms with Crippen LogP contribution in [0.25, 0.3) is 0 Å². The number of anilines is 1. The van der Waals surface area contributed by atoms with E-state index in [1.165, 1.54) is 6.07 Å². The van der Waals surface area contributed by atoms with E-state index in [1.54, 1.807) is 12.1 Å². The van der Waals surface area contributed by atoms with Crippen molar-refractivity contribution in [3.05, 3.63) is 42.0 Å². The zero-order valence-corrected chi connectivity index (χ0v) is 8.50. The predicted octanol–water partition coefficient (Wildman–Crippen LogP) is 1.89. The summed E-state index contributed by atoms with van der Waals surface area (Å²) in [6.07, 6.45) is -0.183. The first-order valence-corrected chi connectivity index (χ1v) is 4.86. The van der Waals surface area contributed by atoms with Crippen LogP contribution in [0.4, 0.5) is 10.1 Å². The van der Waals surface area contributed by atoms with Gasteiger partial charge in [0.25, 0.3) is 0 Å². The van der Waals surface area contributed by atoms with E-state index in [0.717, 1.165) is 6.08 Å². The summed E-state index contributed by atoms with van der Waals surface area (Å²) in [5, 5.41) is 2.53. The second-order valence-electron chi connectivity index (χ2n) is 3.60. The number of ketones is 1. The van der Waals surface area contributed by atoms with Gasteiger partial charge in [-0.15, -0.1) is 0 Å². The lowest BCUT2D eigenvalue weighted by atomic mass is 10.1. The molecule has 4 heteroatoms. The number of nitrogens with one attached hydrogen (secondary N) is 1. The number of hydrogen-bond donors (Lipinski definition) is 1. The van der Waals surface area contributed by atoms with Crippen molar-refractivity contribution in [1.82, 2.24) is 0 Å². The number of benzene rings is 1. The summed E-state index contributed by atoms with van der Waals surface area (Å²) in [6.45, 7) is 3.32. The second-order valence-corrected chi connectivity index (χ2v) is 3.60. The first kappa shape index (κ1) is 10.5. The van der Waals surface area contributed by atoms with Gasteiger partial charge in [0.15, 0.2) is 12.0 Å². The van der Waals surface area contributed by atoms with Gasteiger partial charge in [0.1, 0.15) is 0 Å². The van der Waals surface area contributed by atoms with Crippen molar-refractivity contribution in [2.75, 3.05) is 5.32 Å². The number of Topliss-reactive ketones (excluding diaryl/α,β-unsaturated/α-hetero) is 1. The second kappa shape index (κ2) is 3.89. The molecule has 0 heterocycles. The Morgan fingerprint density at radius 2 is 2.31 bits per heavy atom. The van der Waals surface area contributed by atoms with Gasteiger partial charge in [-0.25, -0.2) is 4.39 Å². The third-order valence-corrected chi connectivity index (χ3v) is 2.51. The lowest BCUT2D eigenvalue weighted by Crippen LogP contribution is -2.09. The van der Waals surface area contributed by atoms with Crippen molar-refractivity contribution in [3.63, 3.8) is 0 Å².